The van der Waals surface area contributed by atoms with Gasteiger partial charge in [0.1, 0.15) is 23.4 Å². The Bertz CT molecular complexity index is 991. The van der Waals surface area contributed by atoms with Crippen LogP contribution < -0.4 is 16.4 Å². The molecule has 1 aromatic rings. The van der Waals surface area contributed by atoms with Gasteiger partial charge in [0.05, 0.1) is 13.0 Å². The van der Waals surface area contributed by atoms with Gasteiger partial charge >= 0.3 is 12.1 Å². The van der Waals surface area contributed by atoms with Crippen LogP contribution >= 0.6 is 0 Å². The normalized spacial score (nSPS) is 12.5. The van der Waals surface area contributed by atoms with Crippen LogP contribution in [-0.2, 0) is 28.7 Å². The first-order chi connectivity index (χ1) is 18.8. The highest BCUT2D eigenvalue weighted by atomic mass is 16.6. The van der Waals surface area contributed by atoms with E-state index < -0.39 is 47.5 Å². The number of unbranched alkanes of at least 4 members (excludes halogenated alkanes) is 2. The van der Waals surface area contributed by atoms with Crippen molar-refractivity contribution in [2.45, 2.75) is 90.8 Å². The number of amides is 4. The SMILES string of the molecule is CCCCCN(C(=O)C(CCC(N)=O)NC(=O)OC(C)(C)C)C(C(=O)NCCC(=O)OCC)c1ccc(O)cc1. The van der Waals surface area contributed by atoms with Crippen molar-refractivity contribution >= 4 is 29.8 Å². The van der Waals surface area contributed by atoms with Crippen LogP contribution in [0.5, 0.6) is 5.75 Å². The van der Waals surface area contributed by atoms with Gasteiger partial charge in [-0.3, -0.25) is 19.2 Å². The summed E-state index contributed by atoms with van der Waals surface area (Å²) in [6.45, 7) is 9.03. The molecule has 0 aliphatic carbocycles. The number of nitrogens with two attached hydrogens (primary N) is 1. The molecule has 0 aromatic heterocycles. The summed E-state index contributed by atoms with van der Waals surface area (Å²) in [6, 6.07) is 3.45. The second-order valence-electron chi connectivity index (χ2n) is 10.3. The van der Waals surface area contributed by atoms with Crippen LogP contribution in [0.1, 0.15) is 84.7 Å². The Morgan fingerprint density at radius 3 is 2.23 bits per heavy atom. The zero-order chi connectivity index (χ0) is 30.3. The molecule has 12 heteroatoms. The molecule has 0 heterocycles. The van der Waals surface area contributed by atoms with Gasteiger partial charge in [0.25, 0.3) is 0 Å². The van der Waals surface area contributed by atoms with Gasteiger partial charge in [0.15, 0.2) is 0 Å². The summed E-state index contributed by atoms with van der Waals surface area (Å²) >= 11 is 0. The van der Waals surface area contributed by atoms with Gasteiger partial charge in [-0.25, -0.2) is 4.79 Å². The van der Waals surface area contributed by atoms with E-state index in [-0.39, 0.29) is 44.7 Å². The van der Waals surface area contributed by atoms with Gasteiger partial charge in [-0.2, -0.15) is 0 Å². The van der Waals surface area contributed by atoms with Gasteiger partial charge in [-0.05, 0) is 58.2 Å². The average molecular weight is 565 g/mol. The molecular formula is C28H44N4O8. The number of carbonyl (C=O) groups excluding carboxylic acids is 5. The largest absolute Gasteiger partial charge is 0.508 e. The number of hydrogen-bond donors (Lipinski definition) is 4. The van der Waals surface area contributed by atoms with E-state index in [1.54, 1.807) is 27.7 Å². The number of aromatic hydroxyl groups is 1. The number of benzene rings is 1. The van der Waals surface area contributed by atoms with Gasteiger partial charge in [-0.1, -0.05) is 31.9 Å². The minimum Gasteiger partial charge on any atom is -0.508 e. The number of primary amides is 1. The molecule has 0 spiro atoms. The second-order valence-corrected chi connectivity index (χ2v) is 10.3. The lowest BCUT2D eigenvalue weighted by molar-refractivity contribution is -0.144. The molecule has 0 fully saturated rings. The van der Waals surface area contributed by atoms with Crippen molar-refractivity contribution in [3.63, 3.8) is 0 Å². The first-order valence-corrected chi connectivity index (χ1v) is 13.6. The first kappa shape index (κ1) is 34.2. The average Bonchev–Trinajstić information content (AvgIpc) is 2.85. The van der Waals surface area contributed by atoms with Crippen LogP contribution in [-0.4, -0.2) is 71.1 Å². The number of rotatable bonds is 16. The number of nitrogens with zero attached hydrogens (tertiary/aromatic N) is 1. The van der Waals surface area contributed by atoms with Crippen molar-refractivity contribution < 1.29 is 38.6 Å². The van der Waals surface area contributed by atoms with E-state index in [4.69, 9.17) is 15.2 Å². The summed E-state index contributed by atoms with van der Waals surface area (Å²) in [5, 5.41) is 15.0. The molecule has 0 bridgehead atoms. The maximum Gasteiger partial charge on any atom is 0.408 e. The lowest BCUT2D eigenvalue weighted by Gasteiger charge is -2.34. The zero-order valence-electron chi connectivity index (χ0n) is 24.2. The van der Waals surface area contributed by atoms with Gasteiger partial charge in [-0.15, -0.1) is 0 Å². The predicted molar refractivity (Wildman–Crippen MR) is 148 cm³/mol. The van der Waals surface area contributed by atoms with E-state index in [0.717, 1.165) is 12.8 Å². The molecule has 40 heavy (non-hydrogen) atoms. The Labute approximate surface area is 235 Å². The van der Waals surface area contributed by atoms with Crippen LogP contribution in [0.25, 0.3) is 0 Å². The molecule has 1 aromatic carbocycles. The molecule has 5 N–H and O–H groups in total. The molecule has 4 amide bonds. The van der Waals surface area contributed by atoms with Gasteiger partial charge < -0.3 is 35.8 Å². The Hall–Kier alpha value is -3.83. The summed E-state index contributed by atoms with van der Waals surface area (Å²) in [4.78, 5) is 64.8. The number of nitrogens with one attached hydrogen (secondary N) is 2. The molecule has 0 saturated heterocycles. The van der Waals surface area contributed by atoms with Crippen molar-refractivity contribution in [2.75, 3.05) is 19.7 Å². The Kier molecular flexibility index (Phi) is 14.5. The fraction of sp³-hybridized carbons (Fsp3) is 0.607. The number of phenolic OH excluding ortho intramolecular Hbond substituents is 1. The molecule has 0 aliphatic rings. The molecule has 0 aliphatic heterocycles. The van der Waals surface area contributed by atoms with Crippen LogP contribution in [0.3, 0.4) is 0 Å². The molecule has 2 unspecified atom stereocenters. The Balaban J connectivity index is 3.42. The second kappa shape index (κ2) is 17.0. The van der Waals surface area contributed by atoms with E-state index >= 15 is 0 Å². The topological polar surface area (TPSA) is 177 Å². The summed E-state index contributed by atoms with van der Waals surface area (Å²) < 4.78 is 10.2. The smallest absolute Gasteiger partial charge is 0.408 e. The quantitative estimate of drug-likeness (QED) is 0.175. The monoisotopic (exact) mass is 564 g/mol. The van der Waals surface area contributed by atoms with Crippen molar-refractivity contribution in [3.05, 3.63) is 29.8 Å². The maximum atomic E-state index is 14.0. The Morgan fingerprint density at radius 2 is 1.68 bits per heavy atom. The van der Waals surface area contributed by atoms with Crippen LogP contribution in [0, 0.1) is 0 Å². The van der Waals surface area contributed by atoms with E-state index in [0.29, 0.717) is 12.0 Å². The summed E-state index contributed by atoms with van der Waals surface area (Å²) in [5.41, 5.74) is 4.90. The molecular weight excluding hydrogens is 520 g/mol. The van der Waals surface area contributed by atoms with Crippen LogP contribution in [0.15, 0.2) is 24.3 Å². The number of carbonyl (C=O) groups is 5. The fourth-order valence-corrected chi connectivity index (χ4v) is 3.84. The number of alkyl carbamates (subject to hydrolysis) is 1. The summed E-state index contributed by atoms with van der Waals surface area (Å²) in [7, 11) is 0. The molecule has 12 nitrogen and oxygen atoms in total. The summed E-state index contributed by atoms with van der Waals surface area (Å²) in [6.07, 6.45) is 0.953. The van der Waals surface area contributed by atoms with Crippen LogP contribution in [0.2, 0.25) is 0 Å². The van der Waals surface area contributed by atoms with Crippen molar-refractivity contribution in [1.82, 2.24) is 15.5 Å². The highest BCUT2D eigenvalue weighted by Gasteiger charge is 2.36. The molecule has 0 radical (unpaired) electrons. The fourth-order valence-electron chi connectivity index (χ4n) is 3.84. The third kappa shape index (κ3) is 12.8. The molecule has 224 valence electrons. The standard InChI is InChI=1S/C28H44N4O8/c1-6-8-9-18-32(26(37)21(14-15-22(29)34)31-27(38)40-28(3,4)5)24(19-10-12-20(33)13-11-19)25(36)30-17-16-23(35)39-7-2/h10-13,21,24,33H,6-9,14-18H2,1-5H3,(H2,29,34)(H,30,36)(H,31,38). The highest BCUT2D eigenvalue weighted by Crippen LogP contribution is 2.26. The zero-order valence-corrected chi connectivity index (χ0v) is 24.2. The summed E-state index contributed by atoms with van der Waals surface area (Å²) in [5.74, 6) is -2.34. The Morgan fingerprint density at radius 1 is 1.02 bits per heavy atom. The lowest BCUT2D eigenvalue weighted by Crippen LogP contribution is -2.53. The van der Waals surface area contributed by atoms with E-state index in [1.165, 1.54) is 29.2 Å². The van der Waals surface area contributed by atoms with E-state index in [9.17, 15) is 29.1 Å². The van der Waals surface area contributed by atoms with E-state index in [1.807, 2.05) is 6.92 Å². The van der Waals surface area contributed by atoms with Crippen molar-refractivity contribution in [1.29, 1.82) is 0 Å². The molecule has 1 rings (SSSR count). The number of esters is 1. The van der Waals surface area contributed by atoms with Crippen molar-refractivity contribution in [2.24, 2.45) is 5.73 Å². The third-order valence-corrected chi connectivity index (χ3v) is 5.66. The lowest BCUT2D eigenvalue weighted by atomic mass is 10.0. The predicted octanol–water partition coefficient (Wildman–Crippen LogP) is 2.68. The third-order valence-electron chi connectivity index (χ3n) is 5.66. The van der Waals surface area contributed by atoms with Gasteiger partial charge in [0, 0.05) is 19.5 Å². The minimum absolute atomic E-state index is 0.0233. The van der Waals surface area contributed by atoms with Gasteiger partial charge in [0.2, 0.25) is 17.7 Å². The minimum atomic E-state index is -1.21. The number of phenols is 1. The van der Waals surface area contributed by atoms with Crippen LogP contribution in [0.4, 0.5) is 4.79 Å². The first-order valence-electron chi connectivity index (χ1n) is 13.6. The highest BCUT2D eigenvalue weighted by molar-refractivity contribution is 5.92. The van der Waals surface area contributed by atoms with Crippen molar-refractivity contribution in [3.8, 4) is 5.75 Å². The maximum absolute atomic E-state index is 14.0. The molecule has 2 atom stereocenters. The van der Waals surface area contributed by atoms with E-state index in [2.05, 4.69) is 10.6 Å². The number of ether oxygens (including phenoxy) is 2. The number of hydrogen-bond acceptors (Lipinski definition) is 8. The molecule has 0 saturated carbocycles.